The van der Waals surface area contributed by atoms with Gasteiger partial charge in [0.25, 0.3) is 0 Å². The van der Waals surface area contributed by atoms with E-state index >= 15 is 0 Å². The van der Waals surface area contributed by atoms with Crippen LogP contribution in [-0.2, 0) is 15.9 Å². The van der Waals surface area contributed by atoms with Gasteiger partial charge in [-0.15, -0.1) is 11.3 Å². The minimum Gasteiger partial charge on any atom is -0.447 e. The molecule has 112 valence electrons. The zero-order valence-electron chi connectivity index (χ0n) is 12.0. The second kappa shape index (κ2) is 8.27. The second-order valence-corrected chi connectivity index (χ2v) is 6.10. The predicted molar refractivity (Wildman–Crippen MR) is 80.2 cm³/mol. The maximum Gasteiger partial charge on any atom is 0.410 e. The fourth-order valence-corrected chi connectivity index (χ4v) is 3.32. The van der Waals surface area contributed by atoms with Crippen LogP contribution in [0.5, 0.6) is 0 Å². The second-order valence-electron chi connectivity index (χ2n) is 5.07. The van der Waals surface area contributed by atoms with Gasteiger partial charge in [-0.25, -0.2) is 4.79 Å². The molecule has 1 saturated heterocycles. The Labute approximate surface area is 124 Å². The predicted octanol–water partition coefficient (Wildman–Crippen LogP) is 3.32. The minimum atomic E-state index is -0.182. The molecule has 2 rings (SSSR count). The molecule has 0 unspecified atom stereocenters. The highest BCUT2D eigenvalue weighted by Gasteiger charge is 2.27. The molecule has 2 heterocycles. The number of thiophene rings is 1. The van der Waals surface area contributed by atoms with Gasteiger partial charge in [0.1, 0.15) is 6.61 Å². The summed E-state index contributed by atoms with van der Waals surface area (Å²) in [5.74, 6) is 0. The normalized spacial score (nSPS) is 19.1. The Morgan fingerprint density at radius 2 is 2.35 bits per heavy atom. The number of likely N-dealkylation sites (tertiary alicyclic amines) is 1. The van der Waals surface area contributed by atoms with Crippen LogP contribution >= 0.6 is 11.3 Å². The van der Waals surface area contributed by atoms with Crippen molar-refractivity contribution in [1.29, 1.82) is 0 Å². The standard InChI is InChI=1S/C15H23NO3S/c1-18-10-11-19-15(17)16-9-3-2-5-13(16)7-8-14-6-4-12-20-14/h4,6,12-13H,2-3,5,7-11H2,1H3/t13-/m1/s1. The fraction of sp³-hybridized carbons (Fsp3) is 0.667. The monoisotopic (exact) mass is 297 g/mol. The Morgan fingerprint density at radius 1 is 1.45 bits per heavy atom. The molecule has 20 heavy (non-hydrogen) atoms. The smallest absolute Gasteiger partial charge is 0.410 e. The molecule has 0 aromatic carbocycles. The van der Waals surface area contributed by atoms with Gasteiger partial charge in [0, 0.05) is 24.6 Å². The first kappa shape index (κ1) is 15.3. The SMILES string of the molecule is COCCOC(=O)N1CCCC[C@@H]1CCc1cccs1. The first-order chi connectivity index (χ1) is 9.81. The molecule has 0 aliphatic carbocycles. The highest BCUT2D eigenvalue weighted by atomic mass is 32.1. The molecule has 1 aliphatic heterocycles. The van der Waals surface area contributed by atoms with Gasteiger partial charge in [0.15, 0.2) is 0 Å². The van der Waals surface area contributed by atoms with Gasteiger partial charge in [0.05, 0.1) is 6.61 Å². The van der Waals surface area contributed by atoms with Gasteiger partial charge in [-0.1, -0.05) is 6.07 Å². The summed E-state index contributed by atoms with van der Waals surface area (Å²) in [6.07, 6.45) is 5.26. The van der Waals surface area contributed by atoms with Crippen LogP contribution in [-0.4, -0.2) is 43.9 Å². The number of carbonyl (C=O) groups excluding carboxylic acids is 1. The van der Waals surface area contributed by atoms with E-state index in [0.29, 0.717) is 19.3 Å². The summed E-state index contributed by atoms with van der Waals surface area (Å²) >= 11 is 1.79. The zero-order chi connectivity index (χ0) is 14.2. The lowest BCUT2D eigenvalue weighted by atomic mass is 9.98. The summed E-state index contributed by atoms with van der Waals surface area (Å²) in [6, 6.07) is 4.56. The lowest BCUT2D eigenvalue weighted by molar-refractivity contribution is 0.0511. The van der Waals surface area contributed by atoms with Crippen molar-refractivity contribution in [3.05, 3.63) is 22.4 Å². The number of carbonyl (C=O) groups is 1. The molecule has 0 N–H and O–H groups in total. The van der Waals surface area contributed by atoms with Crippen LogP contribution in [0.15, 0.2) is 17.5 Å². The summed E-state index contributed by atoms with van der Waals surface area (Å²) < 4.78 is 10.2. The van der Waals surface area contributed by atoms with Crippen molar-refractivity contribution >= 4 is 17.4 Å². The highest BCUT2D eigenvalue weighted by Crippen LogP contribution is 2.23. The molecule has 1 fully saturated rings. The van der Waals surface area contributed by atoms with Crippen LogP contribution in [0.25, 0.3) is 0 Å². The summed E-state index contributed by atoms with van der Waals surface area (Å²) in [6.45, 7) is 1.61. The summed E-state index contributed by atoms with van der Waals surface area (Å²) in [4.78, 5) is 15.4. The molecule has 1 aromatic heterocycles. The lowest BCUT2D eigenvalue weighted by Crippen LogP contribution is -2.44. The third-order valence-electron chi connectivity index (χ3n) is 3.68. The molecular weight excluding hydrogens is 274 g/mol. The largest absolute Gasteiger partial charge is 0.447 e. The summed E-state index contributed by atoms with van der Waals surface area (Å²) in [5, 5.41) is 2.10. The quantitative estimate of drug-likeness (QED) is 0.756. The van der Waals surface area contributed by atoms with Gasteiger partial charge < -0.3 is 14.4 Å². The number of hydrogen-bond donors (Lipinski definition) is 0. The van der Waals surface area contributed by atoms with E-state index in [2.05, 4.69) is 17.5 Å². The molecule has 1 amide bonds. The first-order valence-electron chi connectivity index (χ1n) is 7.26. The molecule has 0 bridgehead atoms. The first-order valence-corrected chi connectivity index (χ1v) is 8.14. The lowest BCUT2D eigenvalue weighted by Gasteiger charge is -2.35. The molecule has 4 nitrogen and oxygen atoms in total. The molecule has 5 heteroatoms. The van der Waals surface area contributed by atoms with E-state index < -0.39 is 0 Å². The topological polar surface area (TPSA) is 38.8 Å². The van der Waals surface area contributed by atoms with E-state index in [1.54, 1.807) is 18.4 Å². The number of ether oxygens (including phenoxy) is 2. The van der Waals surface area contributed by atoms with E-state index in [1.807, 2.05) is 4.90 Å². The average molecular weight is 297 g/mol. The average Bonchev–Trinajstić information content (AvgIpc) is 2.99. The maximum absolute atomic E-state index is 12.1. The van der Waals surface area contributed by atoms with Crippen LogP contribution in [0.2, 0.25) is 0 Å². The van der Waals surface area contributed by atoms with E-state index in [4.69, 9.17) is 9.47 Å². The van der Waals surface area contributed by atoms with Crippen molar-refractivity contribution in [2.45, 2.75) is 38.1 Å². The summed E-state index contributed by atoms with van der Waals surface area (Å²) in [7, 11) is 1.61. The molecule has 1 aliphatic rings. The van der Waals surface area contributed by atoms with E-state index in [-0.39, 0.29) is 6.09 Å². The third-order valence-corrected chi connectivity index (χ3v) is 4.61. The van der Waals surface area contributed by atoms with Gasteiger partial charge in [-0.2, -0.15) is 0 Å². The third kappa shape index (κ3) is 4.49. The van der Waals surface area contributed by atoms with E-state index in [9.17, 15) is 4.79 Å². The Kier molecular flexibility index (Phi) is 6.33. The number of nitrogens with zero attached hydrogens (tertiary/aromatic N) is 1. The number of amides is 1. The van der Waals surface area contributed by atoms with Crippen LogP contribution in [0.1, 0.15) is 30.6 Å². The van der Waals surface area contributed by atoms with Gasteiger partial charge >= 0.3 is 6.09 Å². The fourth-order valence-electron chi connectivity index (χ4n) is 2.60. The Bertz CT molecular complexity index is 394. The van der Waals surface area contributed by atoms with Crippen LogP contribution in [0.3, 0.4) is 0 Å². The number of rotatable bonds is 6. The molecule has 0 radical (unpaired) electrons. The van der Waals surface area contributed by atoms with E-state index in [1.165, 1.54) is 11.3 Å². The molecular formula is C15H23NO3S. The van der Waals surface area contributed by atoms with E-state index in [0.717, 1.165) is 32.2 Å². The molecule has 0 saturated carbocycles. The Balaban J connectivity index is 1.82. The van der Waals surface area contributed by atoms with Gasteiger partial charge in [-0.05, 0) is 43.6 Å². The van der Waals surface area contributed by atoms with Crippen molar-refractivity contribution in [2.75, 3.05) is 26.9 Å². The number of aryl methyl sites for hydroxylation is 1. The summed E-state index contributed by atoms with van der Waals surface area (Å²) in [5.41, 5.74) is 0. The number of methoxy groups -OCH3 is 1. The number of piperidine rings is 1. The molecule has 0 spiro atoms. The zero-order valence-corrected chi connectivity index (χ0v) is 12.9. The Hall–Kier alpha value is -1.07. The van der Waals surface area contributed by atoms with Gasteiger partial charge in [-0.3, -0.25) is 0 Å². The van der Waals surface area contributed by atoms with Gasteiger partial charge in [0.2, 0.25) is 0 Å². The minimum absolute atomic E-state index is 0.182. The van der Waals surface area contributed by atoms with Crippen molar-refractivity contribution in [1.82, 2.24) is 4.90 Å². The number of hydrogen-bond acceptors (Lipinski definition) is 4. The maximum atomic E-state index is 12.1. The highest BCUT2D eigenvalue weighted by molar-refractivity contribution is 7.09. The van der Waals surface area contributed by atoms with Crippen LogP contribution < -0.4 is 0 Å². The van der Waals surface area contributed by atoms with Crippen LogP contribution in [0.4, 0.5) is 4.79 Å². The van der Waals surface area contributed by atoms with Crippen LogP contribution in [0, 0.1) is 0 Å². The van der Waals surface area contributed by atoms with Crippen molar-refractivity contribution in [3.8, 4) is 0 Å². The molecule has 1 aromatic rings. The van der Waals surface area contributed by atoms with Crippen molar-refractivity contribution < 1.29 is 14.3 Å². The Morgan fingerprint density at radius 3 is 3.10 bits per heavy atom. The van der Waals surface area contributed by atoms with Crippen molar-refractivity contribution in [3.63, 3.8) is 0 Å². The van der Waals surface area contributed by atoms with Crippen molar-refractivity contribution in [2.24, 2.45) is 0 Å². The molecule has 1 atom stereocenters.